The Morgan fingerprint density at radius 1 is 1.62 bits per heavy atom. The van der Waals surface area contributed by atoms with Crippen LogP contribution >= 0.6 is 0 Å². The van der Waals surface area contributed by atoms with E-state index in [0.717, 1.165) is 19.3 Å². The van der Waals surface area contributed by atoms with Crippen LogP contribution in [0.4, 0.5) is 0 Å². The SMILES string of the molecule is C=CCCCC(C)N=C(C#N)C=C. The van der Waals surface area contributed by atoms with Gasteiger partial charge in [0.15, 0.2) is 0 Å². The van der Waals surface area contributed by atoms with Gasteiger partial charge in [-0.05, 0) is 32.3 Å². The zero-order chi connectivity index (χ0) is 10.1. The summed E-state index contributed by atoms with van der Waals surface area (Å²) in [4.78, 5) is 4.19. The molecule has 0 N–H and O–H groups in total. The van der Waals surface area contributed by atoms with E-state index in [1.807, 2.05) is 19.1 Å². The largest absolute Gasteiger partial charge is 0.271 e. The fraction of sp³-hybridized carbons (Fsp3) is 0.455. The first-order valence-corrected chi connectivity index (χ1v) is 4.45. The van der Waals surface area contributed by atoms with Crippen LogP contribution in [-0.2, 0) is 0 Å². The summed E-state index contributed by atoms with van der Waals surface area (Å²) in [5.41, 5.74) is 0.422. The molecule has 0 aromatic rings. The first-order valence-electron chi connectivity index (χ1n) is 4.45. The molecule has 0 aromatic carbocycles. The van der Waals surface area contributed by atoms with Gasteiger partial charge in [-0.2, -0.15) is 5.26 Å². The Morgan fingerprint density at radius 2 is 2.31 bits per heavy atom. The topological polar surface area (TPSA) is 36.1 Å². The zero-order valence-corrected chi connectivity index (χ0v) is 8.16. The second-order valence-corrected chi connectivity index (χ2v) is 2.90. The summed E-state index contributed by atoms with van der Waals surface area (Å²) in [7, 11) is 0. The first-order chi connectivity index (χ1) is 6.24. The smallest absolute Gasteiger partial charge is 0.134 e. The second-order valence-electron chi connectivity index (χ2n) is 2.90. The molecular formula is C11H16N2. The van der Waals surface area contributed by atoms with Crippen molar-refractivity contribution in [2.24, 2.45) is 4.99 Å². The van der Waals surface area contributed by atoms with E-state index in [1.165, 1.54) is 6.08 Å². The van der Waals surface area contributed by atoms with Gasteiger partial charge in [-0.3, -0.25) is 4.99 Å². The molecule has 0 aliphatic rings. The molecule has 0 saturated carbocycles. The van der Waals surface area contributed by atoms with E-state index in [2.05, 4.69) is 18.2 Å². The molecule has 0 aromatic heterocycles. The van der Waals surface area contributed by atoms with Crippen LogP contribution in [0.1, 0.15) is 26.2 Å². The third-order valence-corrected chi connectivity index (χ3v) is 1.70. The van der Waals surface area contributed by atoms with Crippen molar-refractivity contribution < 1.29 is 0 Å². The van der Waals surface area contributed by atoms with Gasteiger partial charge >= 0.3 is 0 Å². The molecule has 0 aliphatic carbocycles. The molecule has 2 nitrogen and oxygen atoms in total. The maximum Gasteiger partial charge on any atom is 0.134 e. The number of unbranched alkanes of at least 4 members (excludes halogenated alkanes) is 1. The highest BCUT2D eigenvalue weighted by Gasteiger charge is 1.99. The Kier molecular flexibility index (Phi) is 6.53. The lowest BCUT2D eigenvalue weighted by molar-refractivity contribution is 0.634. The van der Waals surface area contributed by atoms with Crippen LogP contribution in [0.2, 0.25) is 0 Å². The minimum absolute atomic E-state index is 0.201. The van der Waals surface area contributed by atoms with Gasteiger partial charge in [0.25, 0.3) is 0 Å². The van der Waals surface area contributed by atoms with E-state index >= 15 is 0 Å². The van der Waals surface area contributed by atoms with Crippen LogP contribution in [-0.4, -0.2) is 11.8 Å². The fourth-order valence-corrected chi connectivity index (χ4v) is 0.987. The fourth-order valence-electron chi connectivity index (χ4n) is 0.987. The molecule has 13 heavy (non-hydrogen) atoms. The molecule has 0 saturated heterocycles. The Balaban J connectivity index is 3.91. The summed E-state index contributed by atoms with van der Waals surface area (Å²) in [6.45, 7) is 9.16. The van der Waals surface area contributed by atoms with Crippen LogP contribution < -0.4 is 0 Å². The van der Waals surface area contributed by atoms with E-state index in [-0.39, 0.29) is 6.04 Å². The monoisotopic (exact) mass is 176 g/mol. The number of nitrogens with zero attached hydrogens (tertiary/aromatic N) is 2. The van der Waals surface area contributed by atoms with Crippen molar-refractivity contribution in [2.75, 3.05) is 0 Å². The van der Waals surface area contributed by atoms with Crippen molar-refractivity contribution in [3.05, 3.63) is 25.3 Å². The molecule has 1 unspecified atom stereocenters. The van der Waals surface area contributed by atoms with Crippen LogP contribution in [0.5, 0.6) is 0 Å². The van der Waals surface area contributed by atoms with E-state index in [1.54, 1.807) is 0 Å². The van der Waals surface area contributed by atoms with Crippen LogP contribution in [0.15, 0.2) is 30.3 Å². The molecule has 0 aliphatic heterocycles. The summed E-state index contributed by atoms with van der Waals surface area (Å²) < 4.78 is 0. The Hall–Kier alpha value is -1.36. The molecule has 70 valence electrons. The van der Waals surface area contributed by atoms with Gasteiger partial charge in [0, 0.05) is 6.04 Å². The molecule has 0 radical (unpaired) electrons. The maximum absolute atomic E-state index is 8.58. The van der Waals surface area contributed by atoms with E-state index in [9.17, 15) is 0 Å². The molecule has 0 bridgehead atoms. The van der Waals surface area contributed by atoms with Gasteiger partial charge in [-0.25, -0.2) is 0 Å². The lowest BCUT2D eigenvalue weighted by Crippen LogP contribution is -2.01. The molecule has 1 atom stereocenters. The number of allylic oxidation sites excluding steroid dienone is 2. The summed E-state index contributed by atoms with van der Waals surface area (Å²) in [6, 6.07) is 2.19. The predicted molar refractivity (Wildman–Crippen MR) is 56.8 cm³/mol. The van der Waals surface area contributed by atoms with Gasteiger partial charge < -0.3 is 0 Å². The highest BCUT2D eigenvalue weighted by Crippen LogP contribution is 2.04. The molecule has 2 heteroatoms. The standard InChI is InChI=1S/C11H16N2/c1-4-6-7-8-10(3)13-11(5-2)9-12/h4-5,10H,1-2,6-8H2,3H3. The van der Waals surface area contributed by atoms with E-state index in [0.29, 0.717) is 5.71 Å². The quantitative estimate of drug-likeness (QED) is 0.348. The molecule has 0 amide bonds. The average Bonchev–Trinajstić information content (AvgIpc) is 2.14. The number of nitriles is 1. The van der Waals surface area contributed by atoms with Gasteiger partial charge in [0.05, 0.1) is 0 Å². The van der Waals surface area contributed by atoms with Crippen LogP contribution in [0.25, 0.3) is 0 Å². The van der Waals surface area contributed by atoms with Gasteiger partial charge in [0.2, 0.25) is 0 Å². The average molecular weight is 176 g/mol. The number of aliphatic imine (C=N–C) groups is 1. The number of rotatable bonds is 6. The maximum atomic E-state index is 8.58. The first kappa shape index (κ1) is 11.6. The third-order valence-electron chi connectivity index (χ3n) is 1.70. The summed E-state index contributed by atoms with van der Waals surface area (Å²) in [6.07, 6.45) is 6.46. The Labute approximate surface area is 80.3 Å². The molecule has 0 fully saturated rings. The van der Waals surface area contributed by atoms with Crippen molar-refractivity contribution >= 4 is 5.71 Å². The molecular weight excluding hydrogens is 160 g/mol. The Bertz CT molecular complexity index is 233. The minimum Gasteiger partial charge on any atom is -0.271 e. The van der Waals surface area contributed by atoms with E-state index in [4.69, 9.17) is 5.26 Å². The summed E-state index contributed by atoms with van der Waals surface area (Å²) in [5, 5.41) is 8.58. The lowest BCUT2D eigenvalue weighted by Gasteiger charge is -2.03. The molecule has 0 spiro atoms. The predicted octanol–water partition coefficient (Wildman–Crippen LogP) is 2.88. The number of hydrogen-bond donors (Lipinski definition) is 0. The summed E-state index contributed by atoms with van der Waals surface area (Å²) in [5.74, 6) is 0. The van der Waals surface area contributed by atoms with Crippen LogP contribution in [0.3, 0.4) is 0 Å². The van der Waals surface area contributed by atoms with Crippen LogP contribution in [0, 0.1) is 11.3 Å². The minimum atomic E-state index is 0.201. The van der Waals surface area contributed by atoms with E-state index < -0.39 is 0 Å². The molecule has 0 rings (SSSR count). The lowest BCUT2D eigenvalue weighted by atomic mass is 10.1. The van der Waals surface area contributed by atoms with Gasteiger partial charge in [-0.15, -0.1) is 6.58 Å². The third kappa shape index (κ3) is 5.86. The van der Waals surface area contributed by atoms with Crippen molar-refractivity contribution in [2.45, 2.75) is 32.2 Å². The van der Waals surface area contributed by atoms with Gasteiger partial charge in [-0.1, -0.05) is 12.7 Å². The highest BCUT2D eigenvalue weighted by molar-refractivity contribution is 6.06. The van der Waals surface area contributed by atoms with Crippen molar-refractivity contribution in [3.63, 3.8) is 0 Å². The molecule has 0 heterocycles. The second kappa shape index (κ2) is 7.30. The van der Waals surface area contributed by atoms with Gasteiger partial charge in [0.1, 0.15) is 11.8 Å². The Morgan fingerprint density at radius 3 is 2.77 bits per heavy atom. The normalized spacial score (nSPS) is 13.1. The van der Waals surface area contributed by atoms with Crippen molar-refractivity contribution in [1.29, 1.82) is 5.26 Å². The number of hydrogen-bond acceptors (Lipinski definition) is 2. The van der Waals surface area contributed by atoms with Crippen molar-refractivity contribution in [1.82, 2.24) is 0 Å². The highest BCUT2D eigenvalue weighted by atomic mass is 14.8. The van der Waals surface area contributed by atoms with Crippen molar-refractivity contribution in [3.8, 4) is 6.07 Å². The zero-order valence-electron chi connectivity index (χ0n) is 8.16. The summed E-state index contributed by atoms with van der Waals surface area (Å²) >= 11 is 0.